The molecule has 0 aromatic heterocycles. The van der Waals surface area contributed by atoms with Gasteiger partial charge >= 0.3 is 20.4 Å². The molecule has 2 heteroatoms. The van der Waals surface area contributed by atoms with Crippen LogP contribution in [0.3, 0.4) is 0 Å². The van der Waals surface area contributed by atoms with Crippen LogP contribution in [0.25, 0.3) is 0 Å². The average molecular weight is 195 g/mol. The van der Waals surface area contributed by atoms with Gasteiger partial charge in [-0.2, -0.15) is 3.69 Å². The second-order valence-electron chi connectivity index (χ2n) is 3.42. The molecule has 0 spiro atoms. The molecule has 0 aliphatic carbocycles. The van der Waals surface area contributed by atoms with Gasteiger partial charge in [0.2, 0.25) is 0 Å². The predicted octanol–water partition coefficient (Wildman–Crippen LogP) is 2.51. The second-order valence-corrected chi connectivity index (χ2v) is 5.31. The van der Waals surface area contributed by atoms with E-state index in [9.17, 15) is 0 Å². The maximum absolute atomic E-state index is 2.30. The lowest BCUT2D eigenvalue weighted by atomic mass is 10.3. The van der Waals surface area contributed by atoms with Gasteiger partial charge in [-0.05, 0) is 0 Å². The molecule has 0 heterocycles. The summed E-state index contributed by atoms with van der Waals surface area (Å²) in [6.07, 6.45) is 0. The van der Waals surface area contributed by atoms with E-state index < -0.39 is 0 Å². The molecule has 0 saturated heterocycles. The van der Waals surface area contributed by atoms with E-state index in [4.69, 9.17) is 0 Å². The molecule has 0 saturated carbocycles. The van der Waals surface area contributed by atoms with Gasteiger partial charge in [-0.3, -0.25) is 0 Å². The monoisotopic (exact) mass is 194 g/mol. The van der Waals surface area contributed by atoms with Gasteiger partial charge in [0, 0.05) is 0 Å². The van der Waals surface area contributed by atoms with E-state index in [0.717, 1.165) is 5.92 Å². The summed E-state index contributed by atoms with van der Waals surface area (Å²) in [6.45, 7) is 4.60. The van der Waals surface area contributed by atoms with E-state index in [0.29, 0.717) is 0 Å². The second kappa shape index (κ2) is 6.76. The summed E-state index contributed by atoms with van der Waals surface area (Å²) in [5.74, 6) is 0.877. The molecule has 0 aliphatic rings. The molecule has 0 nitrogen and oxygen atoms in total. The van der Waals surface area contributed by atoms with Crippen molar-refractivity contribution in [2.24, 2.45) is 5.92 Å². The maximum atomic E-state index is 2.30. The van der Waals surface area contributed by atoms with Crippen molar-refractivity contribution in [1.29, 1.82) is 0 Å². The van der Waals surface area contributed by atoms with Crippen LogP contribution in [0.1, 0.15) is 13.8 Å². The van der Waals surface area contributed by atoms with Gasteiger partial charge in [-0.25, -0.2) is 0 Å². The first kappa shape index (κ1) is 12.3. The summed E-state index contributed by atoms with van der Waals surface area (Å²) in [5.41, 5.74) is 0. The molecule has 0 bridgehead atoms. The van der Waals surface area contributed by atoms with Crippen molar-refractivity contribution in [3.63, 3.8) is 0 Å². The van der Waals surface area contributed by atoms with Crippen LogP contribution in [0.2, 0.25) is 4.55 Å². The normalized spacial score (nSPS) is 8.92. The molecule has 1 aromatic rings. The first-order chi connectivity index (χ1) is 5.29. The number of halogens is 1. The summed E-state index contributed by atoms with van der Waals surface area (Å²) in [4.78, 5) is 0. The quantitative estimate of drug-likeness (QED) is 0.650. The predicted molar refractivity (Wildman–Crippen MR) is 58.7 cm³/mol. The Morgan fingerprint density at radius 2 is 1.75 bits per heavy atom. The molecule has 0 radical (unpaired) electrons. The SMILES string of the molecule is CC(C)[CH2][Mg][c]1ccccc1.Cl. The Morgan fingerprint density at radius 1 is 1.17 bits per heavy atom. The van der Waals surface area contributed by atoms with Gasteiger partial charge in [-0.15, -0.1) is 17.0 Å². The number of benzene rings is 1. The van der Waals surface area contributed by atoms with Crippen LogP contribution in [0.4, 0.5) is 0 Å². The van der Waals surface area contributed by atoms with Crippen molar-refractivity contribution in [3.05, 3.63) is 30.3 Å². The van der Waals surface area contributed by atoms with Crippen LogP contribution in [0.5, 0.6) is 0 Å². The van der Waals surface area contributed by atoms with Gasteiger partial charge in [0.05, 0.1) is 0 Å². The lowest BCUT2D eigenvalue weighted by Gasteiger charge is -2.01. The van der Waals surface area contributed by atoms with Crippen molar-refractivity contribution in [3.8, 4) is 0 Å². The van der Waals surface area contributed by atoms with Crippen molar-refractivity contribution < 1.29 is 0 Å². The third-order valence-corrected chi connectivity index (χ3v) is 4.35. The molecule has 1 rings (SSSR count). The lowest BCUT2D eigenvalue weighted by molar-refractivity contribution is 0.732. The Bertz CT molecular complexity index is 196. The summed E-state index contributed by atoms with van der Waals surface area (Å²) >= 11 is 0.0411. The topological polar surface area (TPSA) is 0 Å². The Labute approximate surface area is 90.9 Å². The van der Waals surface area contributed by atoms with Gasteiger partial charge in [0.25, 0.3) is 0 Å². The molecular weight excluding hydrogens is 180 g/mol. The Morgan fingerprint density at radius 3 is 2.25 bits per heavy atom. The van der Waals surface area contributed by atoms with E-state index >= 15 is 0 Å². The molecule has 0 unspecified atom stereocenters. The van der Waals surface area contributed by atoms with Crippen molar-refractivity contribution in [1.82, 2.24) is 0 Å². The maximum Gasteiger partial charge on any atom is 0.409 e. The Kier molecular flexibility index (Phi) is 6.91. The zero-order chi connectivity index (χ0) is 8.10. The van der Waals surface area contributed by atoms with E-state index in [-0.39, 0.29) is 32.8 Å². The highest BCUT2D eigenvalue weighted by Gasteiger charge is 2.00. The smallest absolute Gasteiger partial charge is 0.174 e. The Balaban J connectivity index is 0.00000121. The molecular formula is C10H15ClMg. The number of hydrogen-bond acceptors (Lipinski definition) is 0. The third-order valence-electron chi connectivity index (χ3n) is 1.85. The minimum absolute atomic E-state index is 0. The van der Waals surface area contributed by atoms with Gasteiger partial charge in [0.1, 0.15) is 0 Å². The van der Waals surface area contributed by atoms with Crippen molar-refractivity contribution in [2.75, 3.05) is 0 Å². The fraction of sp³-hybridized carbons (Fsp3) is 0.400. The molecule has 0 atom stereocenters. The third kappa shape index (κ3) is 5.02. The zero-order valence-electron chi connectivity index (χ0n) is 7.79. The van der Waals surface area contributed by atoms with Gasteiger partial charge in [-0.1, -0.05) is 50.1 Å². The van der Waals surface area contributed by atoms with E-state index in [2.05, 4.69) is 44.2 Å². The molecule has 64 valence electrons. The fourth-order valence-corrected chi connectivity index (χ4v) is 2.62. The van der Waals surface area contributed by atoms with Crippen LogP contribution < -0.4 is 3.69 Å². The first-order valence-corrected chi connectivity index (χ1v) is 6.03. The molecule has 0 fully saturated rings. The number of rotatable bonds is 3. The molecule has 1 aromatic carbocycles. The summed E-state index contributed by atoms with van der Waals surface area (Å²) < 4.78 is 3.03. The van der Waals surface area contributed by atoms with E-state index in [1.165, 1.54) is 4.55 Å². The minimum Gasteiger partial charge on any atom is -0.174 e. The standard InChI is InChI=1S/C6H5.C4H9.ClH.Mg/c1-2-4-6-5-3-1;1-4(2)3;;/h1-5H;4H,1H2,2-3H3;1H;. The van der Waals surface area contributed by atoms with Crippen LogP contribution in [-0.2, 0) is 0 Å². The van der Waals surface area contributed by atoms with Crippen LogP contribution in [0, 0.1) is 5.92 Å². The van der Waals surface area contributed by atoms with Crippen LogP contribution >= 0.6 is 12.4 Å². The summed E-state index contributed by atoms with van der Waals surface area (Å²) in [5, 5.41) is 0. The van der Waals surface area contributed by atoms with E-state index in [1.807, 2.05) is 0 Å². The Hall–Kier alpha value is 0.276. The highest BCUT2D eigenvalue weighted by Crippen LogP contribution is 1.98. The highest BCUT2D eigenvalue weighted by molar-refractivity contribution is 6.53. The van der Waals surface area contributed by atoms with E-state index in [1.54, 1.807) is 3.69 Å². The fourth-order valence-electron chi connectivity index (χ4n) is 1.10. The largest absolute Gasteiger partial charge is 0.409 e. The van der Waals surface area contributed by atoms with Crippen LogP contribution in [0.15, 0.2) is 30.3 Å². The molecule has 12 heavy (non-hydrogen) atoms. The number of hydrogen-bond donors (Lipinski definition) is 0. The minimum atomic E-state index is 0. The summed E-state index contributed by atoms with van der Waals surface area (Å²) in [7, 11) is 0. The molecule has 0 amide bonds. The molecule has 0 aliphatic heterocycles. The zero-order valence-corrected chi connectivity index (χ0v) is 10.0. The lowest BCUT2D eigenvalue weighted by Crippen LogP contribution is -2.14. The van der Waals surface area contributed by atoms with Gasteiger partial charge < -0.3 is 0 Å². The van der Waals surface area contributed by atoms with Crippen molar-refractivity contribution in [2.45, 2.75) is 18.4 Å². The average Bonchev–Trinajstić information content (AvgIpc) is 2.03. The summed E-state index contributed by atoms with van der Waals surface area (Å²) in [6, 6.07) is 10.9. The van der Waals surface area contributed by atoms with Crippen molar-refractivity contribution >= 4 is 36.5 Å². The van der Waals surface area contributed by atoms with Gasteiger partial charge in [0.15, 0.2) is 0 Å². The molecule has 0 N–H and O–H groups in total. The van der Waals surface area contributed by atoms with Crippen LogP contribution in [-0.4, -0.2) is 20.4 Å². The highest BCUT2D eigenvalue weighted by atomic mass is 35.5. The first-order valence-electron chi connectivity index (χ1n) is 4.33.